The molecule has 9 heteroatoms. The van der Waals surface area contributed by atoms with Crippen molar-refractivity contribution in [2.24, 2.45) is 0 Å². The molecule has 0 spiro atoms. The Balaban J connectivity index is 2.11. The van der Waals surface area contributed by atoms with E-state index in [4.69, 9.17) is 27.9 Å². The third kappa shape index (κ3) is 3.40. The van der Waals surface area contributed by atoms with Gasteiger partial charge in [-0.1, -0.05) is 23.2 Å². The maximum absolute atomic E-state index is 12.5. The number of nitrogens with zero attached hydrogens (tertiary/aromatic N) is 3. The fraction of sp³-hybridized carbons (Fsp3) is 0.235. The van der Waals surface area contributed by atoms with Crippen molar-refractivity contribution in [3.05, 3.63) is 52.0 Å². The van der Waals surface area contributed by atoms with Crippen LogP contribution in [0.2, 0.25) is 10.0 Å². The number of ether oxygens (including phenoxy) is 1. The Morgan fingerprint density at radius 1 is 1.35 bits per heavy atom. The lowest BCUT2D eigenvalue weighted by atomic mass is 10.0. The molecule has 26 heavy (non-hydrogen) atoms. The van der Waals surface area contributed by atoms with E-state index in [1.807, 2.05) is 0 Å². The van der Waals surface area contributed by atoms with E-state index in [-0.39, 0.29) is 17.2 Å². The summed E-state index contributed by atoms with van der Waals surface area (Å²) in [7, 11) is 3.12. The number of aromatic nitrogens is 2. The molecule has 1 N–H and O–H groups in total. The highest BCUT2D eigenvalue weighted by molar-refractivity contribution is 6.35. The van der Waals surface area contributed by atoms with Crippen LogP contribution >= 0.6 is 23.2 Å². The summed E-state index contributed by atoms with van der Waals surface area (Å²) in [5, 5.41) is 7.71. The van der Waals surface area contributed by atoms with Crippen LogP contribution in [0.15, 0.2) is 36.4 Å². The quantitative estimate of drug-likeness (QED) is 0.867. The van der Waals surface area contributed by atoms with Crippen molar-refractivity contribution >= 4 is 40.8 Å². The van der Waals surface area contributed by atoms with Crippen LogP contribution in [0.5, 0.6) is 0 Å². The highest BCUT2D eigenvalue weighted by atomic mass is 35.5. The summed E-state index contributed by atoms with van der Waals surface area (Å²) in [4.78, 5) is 25.7. The van der Waals surface area contributed by atoms with Crippen LogP contribution < -0.4 is 5.32 Å². The lowest BCUT2D eigenvalue weighted by Gasteiger charge is -2.15. The van der Waals surface area contributed by atoms with Crippen LogP contribution in [-0.4, -0.2) is 46.8 Å². The predicted molar refractivity (Wildman–Crippen MR) is 98.3 cm³/mol. The van der Waals surface area contributed by atoms with E-state index < -0.39 is 12.1 Å². The Kier molecular flexibility index (Phi) is 4.93. The molecule has 1 aliphatic rings. The van der Waals surface area contributed by atoms with Crippen LogP contribution in [0.25, 0.3) is 11.3 Å². The van der Waals surface area contributed by atoms with Gasteiger partial charge >= 0.3 is 6.09 Å². The van der Waals surface area contributed by atoms with Gasteiger partial charge in [0.1, 0.15) is 5.76 Å². The molecule has 2 amide bonds. The molecule has 0 bridgehead atoms. The minimum absolute atomic E-state index is 0.220. The fourth-order valence-corrected chi connectivity index (χ4v) is 2.88. The number of hydrogen-bond acceptors (Lipinski definition) is 4. The Morgan fingerprint density at radius 3 is 2.69 bits per heavy atom. The van der Waals surface area contributed by atoms with Gasteiger partial charge in [0.2, 0.25) is 0 Å². The molecule has 2 aromatic rings. The molecule has 1 aromatic heterocycles. The summed E-state index contributed by atoms with van der Waals surface area (Å²) in [6.45, 7) is 1.73. The average molecular weight is 395 g/mol. The van der Waals surface area contributed by atoms with Crippen LogP contribution in [-0.2, 0) is 9.53 Å². The maximum atomic E-state index is 12.5. The number of hydrogen-bond donors (Lipinski definition) is 1. The molecule has 0 aliphatic carbocycles. The third-order valence-corrected chi connectivity index (χ3v) is 4.34. The molecule has 2 heterocycles. The molecule has 0 radical (unpaired) electrons. The molecule has 0 fully saturated rings. The Morgan fingerprint density at radius 2 is 2.08 bits per heavy atom. The van der Waals surface area contributed by atoms with Gasteiger partial charge in [-0.05, 0) is 25.1 Å². The number of rotatable bonds is 3. The van der Waals surface area contributed by atoms with E-state index in [2.05, 4.69) is 10.4 Å². The zero-order valence-corrected chi connectivity index (χ0v) is 15.8. The number of amides is 2. The molecular formula is C17H16Cl2N4O3. The third-order valence-electron chi connectivity index (χ3n) is 3.81. The van der Waals surface area contributed by atoms with Gasteiger partial charge in [-0.3, -0.25) is 4.79 Å². The van der Waals surface area contributed by atoms with E-state index in [9.17, 15) is 9.59 Å². The SMILES string of the molecule is CC1NC(=O)C(c2cc(-n3cc(Cl)cn3)ccc2Cl)=C1OC(=O)N(C)C. The van der Waals surface area contributed by atoms with Crippen LogP contribution in [0.3, 0.4) is 0 Å². The van der Waals surface area contributed by atoms with Gasteiger partial charge < -0.3 is 15.0 Å². The van der Waals surface area contributed by atoms with E-state index >= 15 is 0 Å². The minimum atomic E-state index is -0.577. The van der Waals surface area contributed by atoms with Crippen molar-refractivity contribution in [1.82, 2.24) is 20.0 Å². The first kappa shape index (κ1) is 18.3. The zero-order valence-electron chi connectivity index (χ0n) is 14.3. The summed E-state index contributed by atoms with van der Waals surface area (Å²) < 4.78 is 6.97. The molecule has 1 unspecified atom stereocenters. The summed E-state index contributed by atoms with van der Waals surface area (Å²) >= 11 is 12.2. The van der Waals surface area contributed by atoms with Gasteiger partial charge in [0.15, 0.2) is 0 Å². The molecule has 1 atom stereocenters. The lowest BCUT2D eigenvalue weighted by Crippen LogP contribution is -2.29. The lowest BCUT2D eigenvalue weighted by molar-refractivity contribution is -0.115. The molecule has 3 rings (SSSR count). The number of nitrogens with one attached hydrogen (secondary N) is 1. The van der Waals surface area contributed by atoms with Crippen LogP contribution in [0.4, 0.5) is 4.79 Å². The van der Waals surface area contributed by atoms with Crippen LogP contribution in [0, 0.1) is 0 Å². The Bertz CT molecular complexity index is 920. The number of carbonyl (C=O) groups is 2. The van der Waals surface area contributed by atoms with Crippen molar-refractivity contribution in [2.75, 3.05) is 14.1 Å². The second kappa shape index (κ2) is 7.01. The van der Waals surface area contributed by atoms with Gasteiger partial charge in [0.05, 0.1) is 28.5 Å². The van der Waals surface area contributed by atoms with Gasteiger partial charge in [0.25, 0.3) is 5.91 Å². The largest absolute Gasteiger partial charge is 0.414 e. The monoisotopic (exact) mass is 394 g/mol. The van der Waals surface area contributed by atoms with Crippen molar-refractivity contribution in [3.63, 3.8) is 0 Å². The van der Waals surface area contributed by atoms with E-state index in [0.717, 1.165) is 0 Å². The van der Waals surface area contributed by atoms with E-state index in [1.54, 1.807) is 50.1 Å². The highest BCUT2D eigenvalue weighted by Gasteiger charge is 2.34. The summed E-state index contributed by atoms with van der Waals surface area (Å²) in [6, 6.07) is 4.64. The van der Waals surface area contributed by atoms with Crippen molar-refractivity contribution in [1.29, 1.82) is 0 Å². The van der Waals surface area contributed by atoms with Crippen LogP contribution in [0.1, 0.15) is 12.5 Å². The maximum Gasteiger partial charge on any atom is 0.414 e. The van der Waals surface area contributed by atoms with Gasteiger partial charge in [-0.25, -0.2) is 9.48 Å². The first-order chi connectivity index (χ1) is 12.3. The smallest absolute Gasteiger partial charge is 0.412 e. The van der Waals surface area contributed by atoms with Crippen molar-refractivity contribution in [3.8, 4) is 5.69 Å². The van der Waals surface area contributed by atoms with E-state index in [0.29, 0.717) is 21.3 Å². The molecule has 7 nitrogen and oxygen atoms in total. The molecule has 0 saturated heterocycles. The topological polar surface area (TPSA) is 76.5 Å². The first-order valence-electron chi connectivity index (χ1n) is 7.72. The van der Waals surface area contributed by atoms with Crippen molar-refractivity contribution in [2.45, 2.75) is 13.0 Å². The second-order valence-electron chi connectivity index (χ2n) is 5.96. The predicted octanol–water partition coefficient (Wildman–Crippen LogP) is 3.11. The molecular weight excluding hydrogens is 379 g/mol. The Labute approximate surface area is 160 Å². The molecule has 0 saturated carbocycles. The number of benzene rings is 1. The first-order valence-corrected chi connectivity index (χ1v) is 8.48. The molecule has 1 aromatic carbocycles. The van der Waals surface area contributed by atoms with Gasteiger partial charge in [0, 0.05) is 30.9 Å². The van der Waals surface area contributed by atoms with Crippen molar-refractivity contribution < 1.29 is 14.3 Å². The minimum Gasteiger partial charge on any atom is -0.412 e. The Hall–Kier alpha value is -2.51. The fourth-order valence-electron chi connectivity index (χ4n) is 2.53. The second-order valence-corrected chi connectivity index (χ2v) is 6.81. The zero-order chi connectivity index (χ0) is 19.0. The molecule has 136 valence electrons. The standard InChI is InChI=1S/C17H16Cl2N4O3/c1-9-15(26-17(25)22(2)3)14(16(24)21-9)12-6-11(4-5-13(12)19)23-8-10(18)7-20-23/h4-9H,1-3H3,(H,21,24). The highest BCUT2D eigenvalue weighted by Crippen LogP contribution is 2.34. The normalized spacial score (nSPS) is 16.7. The van der Waals surface area contributed by atoms with Gasteiger partial charge in [-0.15, -0.1) is 0 Å². The van der Waals surface area contributed by atoms with E-state index in [1.165, 1.54) is 11.1 Å². The van der Waals surface area contributed by atoms with Gasteiger partial charge in [-0.2, -0.15) is 5.10 Å². The summed E-state index contributed by atoms with van der Waals surface area (Å²) in [5.74, 6) is -0.136. The number of carbonyl (C=O) groups excluding carboxylic acids is 2. The number of halogens is 2. The summed E-state index contributed by atoms with van der Waals surface area (Å²) in [6.07, 6.45) is 2.56. The average Bonchev–Trinajstić information content (AvgIpc) is 3.12. The molecule has 1 aliphatic heterocycles. The summed E-state index contributed by atoms with van der Waals surface area (Å²) in [5.41, 5.74) is 1.33.